The number of hydrogen-bond donors (Lipinski definition) is 1. The van der Waals surface area contributed by atoms with Crippen molar-refractivity contribution < 1.29 is 27.8 Å². The third kappa shape index (κ3) is 2.38. The Labute approximate surface area is 128 Å². The summed E-state index contributed by atoms with van der Waals surface area (Å²) in [5, 5.41) is 9.83. The maximum Gasteiger partial charge on any atom is 0.460 e. The van der Waals surface area contributed by atoms with E-state index in [1.807, 2.05) is 0 Å². The number of cyclic esters (lactones) is 1. The van der Waals surface area contributed by atoms with Crippen molar-refractivity contribution in [3.05, 3.63) is 28.8 Å². The first-order valence-corrected chi connectivity index (χ1v) is 6.73. The highest BCUT2D eigenvalue weighted by atomic mass is 35.5. The van der Waals surface area contributed by atoms with Crippen molar-refractivity contribution in [3.8, 4) is 12.0 Å². The predicted octanol–water partition coefficient (Wildman–Crippen LogP) is 3.37. The van der Waals surface area contributed by atoms with E-state index in [9.17, 15) is 23.1 Å². The lowest BCUT2D eigenvalue weighted by molar-refractivity contribution is -0.355. The maximum atomic E-state index is 13.1. The number of alkyl halides is 3. The topological polar surface area (TPSA) is 49.8 Å². The number of fused-ring (bicyclic) bond motifs is 1. The summed E-state index contributed by atoms with van der Waals surface area (Å²) in [4.78, 5) is 12.6. The number of aliphatic hydroxyl groups is 1. The summed E-state index contributed by atoms with van der Waals surface area (Å²) in [6, 6.07) is 5.89. The van der Waals surface area contributed by atoms with Gasteiger partial charge in [-0.15, -0.1) is 0 Å². The van der Waals surface area contributed by atoms with Crippen LogP contribution in [-0.2, 0) is 10.5 Å². The second-order valence-corrected chi connectivity index (χ2v) is 5.47. The lowest BCUT2D eigenvalue weighted by Crippen LogP contribution is -2.52. The standard InChI is InChI=1S/C14H9ClF3NO3/c15-9-3-4-11-10(7-9)13(21,14(16,17)18)22-12(20)19(11)6-5-8-1-2-8/h3-4,7-8,21H,1-2H2. The Morgan fingerprint density at radius 3 is 2.68 bits per heavy atom. The second-order valence-electron chi connectivity index (χ2n) is 5.04. The molecular weight excluding hydrogens is 323 g/mol. The fourth-order valence-electron chi connectivity index (χ4n) is 2.00. The van der Waals surface area contributed by atoms with E-state index in [1.54, 1.807) is 0 Å². The second kappa shape index (κ2) is 4.80. The van der Waals surface area contributed by atoms with Gasteiger partial charge < -0.3 is 9.84 Å². The Morgan fingerprint density at radius 2 is 2.09 bits per heavy atom. The van der Waals surface area contributed by atoms with Crippen LogP contribution in [0.1, 0.15) is 18.4 Å². The van der Waals surface area contributed by atoms with E-state index in [2.05, 4.69) is 16.7 Å². The minimum absolute atomic E-state index is 0.0329. The van der Waals surface area contributed by atoms with Gasteiger partial charge in [-0.2, -0.15) is 13.2 Å². The third-order valence-corrected chi connectivity index (χ3v) is 3.56. The largest absolute Gasteiger partial charge is 0.460 e. The van der Waals surface area contributed by atoms with E-state index in [1.165, 1.54) is 12.1 Å². The first kappa shape index (κ1) is 15.0. The molecule has 8 heteroatoms. The molecule has 1 saturated carbocycles. The highest BCUT2D eigenvalue weighted by Gasteiger charge is 2.63. The first-order valence-electron chi connectivity index (χ1n) is 6.36. The van der Waals surface area contributed by atoms with E-state index < -0.39 is 23.6 Å². The molecule has 1 amide bonds. The van der Waals surface area contributed by atoms with E-state index in [-0.39, 0.29) is 16.6 Å². The zero-order valence-electron chi connectivity index (χ0n) is 10.9. The number of carbonyl (C=O) groups excluding carboxylic acids is 1. The van der Waals surface area contributed by atoms with Crippen molar-refractivity contribution in [1.29, 1.82) is 0 Å². The van der Waals surface area contributed by atoms with Gasteiger partial charge in [0, 0.05) is 17.0 Å². The first-order chi connectivity index (χ1) is 10.2. The van der Waals surface area contributed by atoms with Crippen molar-refractivity contribution in [2.75, 3.05) is 4.90 Å². The summed E-state index contributed by atoms with van der Waals surface area (Å²) in [5.74, 6) is -0.859. The molecule has 1 unspecified atom stereocenters. The molecule has 1 atom stereocenters. The maximum absolute atomic E-state index is 13.1. The van der Waals surface area contributed by atoms with E-state index >= 15 is 0 Å². The van der Waals surface area contributed by atoms with Gasteiger partial charge in [-0.05, 0) is 31.0 Å². The highest BCUT2D eigenvalue weighted by Crippen LogP contribution is 2.47. The van der Waals surface area contributed by atoms with Gasteiger partial charge in [0.1, 0.15) is 0 Å². The number of nitrogens with zero attached hydrogens (tertiary/aromatic N) is 1. The Hall–Kier alpha value is -1.91. The predicted molar refractivity (Wildman–Crippen MR) is 70.9 cm³/mol. The summed E-state index contributed by atoms with van der Waals surface area (Å²) in [6.07, 6.45) is -4.83. The SMILES string of the molecule is O=C1OC(O)(C(F)(F)F)c2cc(Cl)ccc2N1C#CC1CC1. The number of rotatable bonds is 0. The average Bonchev–Trinajstić information content (AvgIpc) is 3.22. The normalized spacial score (nSPS) is 24.2. The quantitative estimate of drug-likeness (QED) is 0.741. The van der Waals surface area contributed by atoms with Gasteiger partial charge in [0.25, 0.3) is 0 Å². The number of ether oxygens (including phenoxy) is 1. The van der Waals surface area contributed by atoms with Crippen LogP contribution < -0.4 is 4.90 Å². The lowest BCUT2D eigenvalue weighted by Gasteiger charge is -2.37. The number of carbonyl (C=O) groups is 1. The van der Waals surface area contributed by atoms with Crippen LogP contribution in [0.25, 0.3) is 0 Å². The van der Waals surface area contributed by atoms with Crippen LogP contribution in [0.15, 0.2) is 18.2 Å². The van der Waals surface area contributed by atoms with Gasteiger partial charge in [-0.3, -0.25) is 0 Å². The molecule has 1 aliphatic carbocycles. The minimum atomic E-state index is -5.21. The van der Waals surface area contributed by atoms with Crippen molar-refractivity contribution in [2.45, 2.75) is 24.8 Å². The van der Waals surface area contributed by atoms with Gasteiger partial charge in [0.15, 0.2) is 0 Å². The molecule has 0 aromatic heterocycles. The number of benzene rings is 1. The van der Waals surface area contributed by atoms with Crippen LogP contribution in [0.4, 0.5) is 23.7 Å². The number of halogens is 4. The molecule has 1 fully saturated rings. The molecule has 0 bridgehead atoms. The molecule has 2 aliphatic rings. The lowest BCUT2D eigenvalue weighted by atomic mass is 10.0. The Bertz CT molecular complexity index is 706. The molecule has 4 nitrogen and oxygen atoms in total. The summed E-state index contributed by atoms with van der Waals surface area (Å²) < 4.78 is 43.6. The summed E-state index contributed by atoms with van der Waals surface area (Å²) in [6.45, 7) is 0. The van der Waals surface area contributed by atoms with Crippen molar-refractivity contribution >= 4 is 23.4 Å². The fourth-order valence-corrected chi connectivity index (χ4v) is 2.17. The van der Waals surface area contributed by atoms with Gasteiger partial charge in [-0.25, -0.2) is 9.69 Å². The average molecular weight is 332 g/mol. The molecule has 1 N–H and O–H groups in total. The van der Waals surface area contributed by atoms with Gasteiger partial charge in [-0.1, -0.05) is 17.5 Å². The van der Waals surface area contributed by atoms with Crippen molar-refractivity contribution in [2.24, 2.45) is 5.92 Å². The zero-order valence-corrected chi connectivity index (χ0v) is 11.7. The molecule has 1 aromatic carbocycles. The Kier molecular flexibility index (Phi) is 3.27. The van der Waals surface area contributed by atoms with E-state index in [0.717, 1.165) is 23.8 Å². The zero-order chi connectivity index (χ0) is 16.1. The van der Waals surface area contributed by atoms with Gasteiger partial charge in [0.2, 0.25) is 0 Å². The molecule has 1 aliphatic heterocycles. The molecule has 0 radical (unpaired) electrons. The van der Waals surface area contributed by atoms with Crippen LogP contribution in [-0.4, -0.2) is 17.4 Å². The van der Waals surface area contributed by atoms with Crippen molar-refractivity contribution in [1.82, 2.24) is 0 Å². The smallest absolute Gasteiger partial charge is 0.401 e. The monoisotopic (exact) mass is 331 g/mol. The Balaban J connectivity index is 2.14. The van der Waals surface area contributed by atoms with Crippen LogP contribution in [0.3, 0.4) is 0 Å². The van der Waals surface area contributed by atoms with Crippen LogP contribution >= 0.6 is 11.6 Å². The number of amides is 1. The van der Waals surface area contributed by atoms with E-state index in [4.69, 9.17) is 11.6 Å². The fraction of sp³-hybridized carbons (Fsp3) is 0.357. The van der Waals surface area contributed by atoms with Crippen LogP contribution in [0.5, 0.6) is 0 Å². The summed E-state index contributed by atoms with van der Waals surface area (Å²) >= 11 is 5.70. The summed E-state index contributed by atoms with van der Waals surface area (Å²) in [5.41, 5.74) is -0.870. The highest BCUT2D eigenvalue weighted by molar-refractivity contribution is 6.30. The molecule has 3 rings (SSSR count). The summed E-state index contributed by atoms with van der Waals surface area (Å²) in [7, 11) is 0. The molecule has 0 spiro atoms. The third-order valence-electron chi connectivity index (χ3n) is 3.32. The molecule has 22 heavy (non-hydrogen) atoms. The van der Waals surface area contributed by atoms with Crippen LogP contribution in [0, 0.1) is 17.9 Å². The molecule has 0 saturated heterocycles. The Morgan fingerprint density at radius 1 is 1.41 bits per heavy atom. The van der Waals surface area contributed by atoms with Gasteiger partial charge >= 0.3 is 18.1 Å². The minimum Gasteiger partial charge on any atom is -0.401 e. The molecule has 1 heterocycles. The molecule has 1 aromatic rings. The molecule has 116 valence electrons. The number of hydrogen-bond acceptors (Lipinski definition) is 3. The number of anilines is 1. The van der Waals surface area contributed by atoms with Crippen LogP contribution in [0.2, 0.25) is 5.02 Å². The van der Waals surface area contributed by atoms with Crippen molar-refractivity contribution in [3.63, 3.8) is 0 Å². The molecular formula is C14H9ClF3NO3. The van der Waals surface area contributed by atoms with Gasteiger partial charge in [0.05, 0.1) is 11.3 Å². The van der Waals surface area contributed by atoms with E-state index in [0.29, 0.717) is 0 Å².